The maximum Gasteiger partial charge on any atom is 0.274 e. The normalized spacial score (nSPS) is 29.8. The van der Waals surface area contributed by atoms with Crippen molar-refractivity contribution in [1.29, 1.82) is 0 Å². The Balaban J connectivity index is 1.25. The number of benzene rings is 1. The highest BCUT2D eigenvalue weighted by molar-refractivity contribution is 6.31. The zero-order valence-electron chi connectivity index (χ0n) is 18.6. The molecule has 0 aliphatic heterocycles. The molecule has 9 heteroatoms. The fraction of sp³-hybridized carbons (Fsp3) is 0.520. The van der Waals surface area contributed by atoms with Crippen LogP contribution in [0.2, 0.25) is 5.02 Å². The number of amides is 1. The number of aryl methyl sites for hydroxylation is 1. The average Bonchev–Trinajstić information content (AvgIpc) is 3.38. The Morgan fingerprint density at radius 3 is 2.53 bits per heavy atom. The lowest BCUT2D eigenvalue weighted by atomic mass is 9.81. The number of fused-ring (bicyclic) bond motifs is 1. The first kappa shape index (κ1) is 23.3. The largest absolute Gasteiger partial charge is 0.378 e. The summed E-state index contributed by atoms with van der Waals surface area (Å²) in [6.07, 6.45) is 3.72. The van der Waals surface area contributed by atoms with E-state index in [1.165, 1.54) is 18.2 Å². The highest BCUT2D eigenvalue weighted by Gasteiger charge is 2.50. The number of nitrogens with one attached hydrogen (secondary N) is 1. The smallest absolute Gasteiger partial charge is 0.274 e. The number of alkyl halides is 2. The van der Waals surface area contributed by atoms with E-state index in [0.29, 0.717) is 29.9 Å². The summed E-state index contributed by atoms with van der Waals surface area (Å²) in [5, 5.41) is 13.6. The van der Waals surface area contributed by atoms with Gasteiger partial charge >= 0.3 is 0 Å². The lowest BCUT2D eigenvalue weighted by molar-refractivity contribution is -0.0938. The second-order valence-corrected chi connectivity index (χ2v) is 10.4. The van der Waals surface area contributed by atoms with Crippen LogP contribution in [-0.2, 0) is 7.05 Å². The van der Waals surface area contributed by atoms with Gasteiger partial charge in [0, 0.05) is 37.4 Å². The molecule has 0 bridgehead atoms. The van der Waals surface area contributed by atoms with Gasteiger partial charge < -0.3 is 15.0 Å². The lowest BCUT2D eigenvalue weighted by Gasteiger charge is -2.31. The Labute approximate surface area is 200 Å². The highest BCUT2D eigenvalue weighted by atomic mass is 35.5. The minimum Gasteiger partial charge on any atom is -0.378 e. The van der Waals surface area contributed by atoms with Crippen LogP contribution in [0.5, 0.6) is 0 Å². The van der Waals surface area contributed by atoms with Gasteiger partial charge in [-0.3, -0.25) is 4.79 Å². The first-order valence-corrected chi connectivity index (χ1v) is 11.8. The van der Waals surface area contributed by atoms with Gasteiger partial charge in [-0.15, -0.1) is 0 Å². The van der Waals surface area contributed by atoms with E-state index in [2.05, 4.69) is 22.1 Å². The van der Waals surface area contributed by atoms with Crippen LogP contribution >= 0.6 is 11.6 Å². The number of halogens is 4. The summed E-state index contributed by atoms with van der Waals surface area (Å²) in [6, 6.07) is 4.00. The van der Waals surface area contributed by atoms with E-state index in [1.807, 2.05) is 0 Å². The maximum absolute atomic E-state index is 13.4. The molecule has 34 heavy (non-hydrogen) atoms. The van der Waals surface area contributed by atoms with Crippen molar-refractivity contribution in [2.75, 3.05) is 5.32 Å². The number of aromatic nitrogens is 2. The number of nitrogens with zero attached hydrogens (tertiary/aromatic N) is 2. The van der Waals surface area contributed by atoms with Crippen LogP contribution in [0.1, 0.15) is 60.6 Å². The zero-order chi connectivity index (χ0) is 24.3. The SMILES string of the molecule is Cn1cnc(C2CC3CC(O)(C#CC4CC(F)(F)C4)CC3C2)c1C(=O)Nc1ccc(F)c(Cl)c1. The third-order valence-electron chi connectivity index (χ3n) is 7.38. The van der Waals surface area contributed by atoms with Crippen LogP contribution in [0.15, 0.2) is 24.5 Å². The van der Waals surface area contributed by atoms with Gasteiger partial charge in [-0.05, 0) is 55.7 Å². The van der Waals surface area contributed by atoms with Crippen molar-refractivity contribution >= 4 is 23.2 Å². The molecule has 2 aromatic rings. The predicted molar refractivity (Wildman–Crippen MR) is 121 cm³/mol. The van der Waals surface area contributed by atoms with Crippen LogP contribution < -0.4 is 5.32 Å². The van der Waals surface area contributed by atoms with E-state index >= 15 is 0 Å². The molecule has 2 atom stereocenters. The van der Waals surface area contributed by atoms with Crippen molar-refractivity contribution in [1.82, 2.24) is 9.55 Å². The zero-order valence-corrected chi connectivity index (χ0v) is 19.4. The molecule has 0 spiro atoms. The molecule has 3 aliphatic rings. The molecule has 1 heterocycles. The first-order chi connectivity index (χ1) is 16.0. The van der Waals surface area contributed by atoms with E-state index in [4.69, 9.17) is 11.6 Å². The molecule has 5 rings (SSSR count). The molecule has 2 N–H and O–H groups in total. The lowest BCUT2D eigenvalue weighted by Crippen LogP contribution is -2.35. The molecule has 1 aromatic heterocycles. The fourth-order valence-electron chi connectivity index (χ4n) is 5.78. The number of hydrogen-bond acceptors (Lipinski definition) is 3. The van der Waals surface area contributed by atoms with Crippen molar-refractivity contribution in [3.05, 3.63) is 46.8 Å². The van der Waals surface area contributed by atoms with Crippen LogP contribution in [0.25, 0.3) is 0 Å². The van der Waals surface area contributed by atoms with Crippen LogP contribution in [0.3, 0.4) is 0 Å². The summed E-state index contributed by atoms with van der Waals surface area (Å²) >= 11 is 5.82. The molecular formula is C25H25ClF3N3O2. The van der Waals surface area contributed by atoms with Gasteiger partial charge in [-0.2, -0.15) is 0 Å². The standard InChI is InChI=1S/C25H25ClF3N3O2/c1-32-13-30-21(22(32)23(33)31-18-2-3-20(27)19(26)8-18)15-6-16-11-24(34,12-17(16)7-15)5-4-14-9-25(28,29)10-14/h2-3,8,13-17,34H,6-7,9-12H2,1H3,(H,31,33). The second kappa shape index (κ2) is 8.31. The van der Waals surface area contributed by atoms with E-state index in [0.717, 1.165) is 12.8 Å². The van der Waals surface area contributed by atoms with Crippen molar-refractivity contribution in [3.63, 3.8) is 0 Å². The Hall–Kier alpha value is -2.50. The number of carbonyl (C=O) groups excluding carboxylic acids is 1. The van der Waals surface area contributed by atoms with E-state index in [9.17, 15) is 23.1 Å². The van der Waals surface area contributed by atoms with E-state index in [1.54, 1.807) is 17.9 Å². The number of imidazole rings is 1. The first-order valence-electron chi connectivity index (χ1n) is 11.4. The van der Waals surface area contributed by atoms with Gasteiger partial charge in [-0.1, -0.05) is 23.4 Å². The summed E-state index contributed by atoms with van der Waals surface area (Å²) < 4.78 is 41.2. The molecule has 0 radical (unpaired) electrons. The molecule has 180 valence electrons. The summed E-state index contributed by atoms with van der Waals surface area (Å²) in [6.45, 7) is 0. The molecule has 0 saturated heterocycles. The summed E-state index contributed by atoms with van der Waals surface area (Å²) in [7, 11) is 1.75. The van der Waals surface area contributed by atoms with Gasteiger partial charge in [-0.25, -0.2) is 18.2 Å². The van der Waals surface area contributed by atoms with Gasteiger partial charge in [0.25, 0.3) is 11.8 Å². The molecule has 3 saturated carbocycles. The van der Waals surface area contributed by atoms with Crippen LogP contribution in [0, 0.1) is 35.4 Å². The van der Waals surface area contributed by atoms with Gasteiger partial charge in [0.15, 0.2) is 0 Å². The van der Waals surface area contributed by atoms with Crippen molar-refractivity contribution < 1.29 is 23.1 Å². The number of rotatable bonds is 3. The Morgan fingerprint density at radius 2 is 1.91 bits per heavy atom. The third kappa shape index (κ3) is 4.44. The third-order valence-corrected chi connectivity index (χ3v) is 7.67. The molecule has 2 unspecified atom stereocenters. The fourth-order valence-corrected chi connectivity index (χ4v) is 5.96. The molecule has 3 aliphatic carbocycles. The quantitative estimate of drug-likeness (QED) is 0.584. The molecular weight excluding hydrogens is 467 g/mol. The Kier molecular flexibility index (Phi) is 5.69. The number of aliphatic hydroxyl groups is 1. The minimum absolute atomic E-state index is 0.0663. The maximum atomic E-state index is 13.4. The Morgan fingerprint density at radius 1 is 1.24 bits per heavy atom. The Bertz CT molecular complexity index is 1180. The van der Waals surface area contributed by atoms with Crippen LogP contribution in [0.4, 0.5) is 18.9 Å². The van der Waals surface area contributed by atoms with Crippen LogP contribution in [-0.4, -0.2) is 32.1 Å². The number of anilines is 1. The molecule has 1 aromatic carbocycles. The van der Waals surface area contributed by atoms with E-state index in [-0.39, 0.29) is 47.4 Å². The van der Waals surface area contributed by atoms with Gasteiger partial charge in [0.05, 0.1) is 17.0 Å². The monoisotopic (exact) mass is 491 g/mol. The average molecular weight is 492 g/mol. The molecule has 5 nitrogen and oxygen atoms in total. The van der Waals surface area contributed by atoms with Crippen molar-refractivity contribution in [3.8, 4) is 11.8 Å². The van der Waals surface area contributed by atoms with Crippen molar-refractivity contribution in [2.45, 2.75) is 56.0 Å². The van der Waals surface area contributed by atoms with Gasteiger partial charge in [0.1, 0.15) is 17.1 Å². The number of carbonyl (C=O) groups is 1. The molecule has 1 amide bonds. The summed E-state index contributed by atoms with van der Waals surface area (Å²) in [5.41, 5.74) is 0.400. The van der Waals surface area contributed by atoms with Crippen molar-refractivity contribution in [2.24, 2.45) is 24.8 Å². The molecule has 3 fully saturated rings. The predicted octanol–water partition coefficient (Wildman–Crippen LogP) is 5.15. The minimum atomic E-state index is -2.61. The number of hydrogen-bond donors (Lipinski definition) is 2. The van der Waals surface area contributed by atoms with E-state index < -0.39 is 17.3 Å². The summed E-state index contributed by atoms with van der Waals surface area (Å²) in [4.78, 5) is 17.5. The van der Waals surface area contributed by atoms with Gasteiger partial charge in [0.2, 0.25) is 0 Å². The second-order valence-electron chi connectivity index (χ2n) is 10.0. The summed E-state index contributed by atoms with van der Waals surface area (Å²) in [5.74, 6) is 2.44. The topological polar surface area (TPSA) is 67.1 Å². The highest BCUT2D eigenvalue weighted by Crippen LogP contribution is 2.54.